The molecule has 25 heavy (non-hydrogen) atoms. The molecule has 1 fully saturated rings. The fraction of sp³-hybridized carbons (Fsp3) is 0.579. The van der Waals surface area contributed by atoms with Gasteiger partial charge in [0.05, 0.1) is 17.2 Å². The van der Waals surface area contributed by atoms with Gasteiger partial charge in [0.1, 0.15) is 0 Å². The monoisotopic (exact) mass is 346 g/mol. The van der Waals surface area contributed by atoms with Crippen molar-refractivity contribution in [3.8, 4) is 0 Å². The lowest BCUT2D eigenvalue weighted by Gasteiger charge is -2.59. The first-order valence-electron chi connectivity index (χ1n) is 8.83. The van der Waals surface area contributed by atoms with Crippen LogP contribution >= 0.6 is 0 Å². The van der Waals surface area contributed by atoms with Crippen LogP contribution in [0, 0.1) is 11.3 Å². The molecule has 0 spiro atoms. The largest absolute Gasteiger partial charge is 0.419 e. The van der Waals surface area contributed by atoms with Crippen molar-refractivity contribution in [2.24, 2.45) is 18.4 Å². The van der Waals surface area contributed by atoms with Crippen LogP contribution in [0.3, 0.4) is 0 Å². The van der Waals surface area contributed by atoms with E-state index in [2.05, 4.69) is 26.1 Å². The molecule has 1 amide bonds. The topological polar surface area (TPSA) is 73.5 Å². The number of carbonyl (C=O) groups excluding carboxylic acids is 1. The van der Waals surface area contributed by atoms with Gasteiger partial charge < -0.3 is 14.5 Å². The molecule has 1 aliphatic carbocycles. The van der Waals surface area contributed by atoms with E-state index in [1.165, 1.54) is 4.57 Å². The summed E-state index contributed by atoms with van der Waals surface area (Å²) in [6.45, 7) is 6.38. The SMILES string of the molecule is CCC1(CC)[C@H](NC(=O)c2cccc3c2oc(=O)n3C)[C@@H](C)[C@@H]1OC. The molecule has 0 radical (unpaired) electrons. The van der Waals surface area contributed by atoms with Gasteiger partial charge in [-0.15, -0.1) is 0 Å². The van der Waals surface area contributed by atoms with Crippen molar-refractivity contribution in [1.82, 2.24) is 9.88 Å². The molecule has 0 saturated heterocycles. The summed E-state index contributed by atoms with van der Waals surface area (Å²) < 4.78 is 12.4. The van der Waals surface area contributed by atoms with Crippen LogP contribution < -0.4 is 11.1 Å². The number of amides is 1. The minimum Gasteiger partial charge on any atom is -0.407 e. The molecule has 0 unspecified atom stereocenters. The summed E-state index contributed by atoms with van der Waals surface area (Å²) in [4.78, 5) is 24.7. The number of aromatic nitrogens is 1. The van der Waals surface area contributed by atoms with Gasteiger partial charge in [-0.25, -0.2) is 4.79 Å². The molecule has 6 nitrogen and oxygen atoms in total. The van der Waals surface area contributed by atoms with Gasteiger partial charge in [0.25, 0.3) is 5.91 Å². The number of nitrogens with zero attached hydrogens (tertiary/aromatic N) is 1. The van der Waals surface area contributed by atoms with Crippen molar-refractivity contribution in [3.63, 3.8) is 0 Å². The molecule has 2 aromatic rings. The van der Waals surface area contributed by atoms with Gasteiger partial charge >= 0.3 is 5.76 Å². The number of fused-ring (bicyclic) bond motifs is 1. The first-order chi connectivity index (χ1) is 11.9. The fourth-order valence-corrected chi connectivity index (χ4v) is 4.65. The number of nitrogens with one attached hydrogen (secondary N) is 1. The molecule has 3 rings (SSSR count). The average molecular weight is 346 g/mol. The van der Waals surface area contributed by atoms with E-state index in [4.69, 9.17) is 9.15 Å². The summed E-state index contributed by atoms with van der Waals surface area (Å²) >= 11 is 0. The van der Waals surface area contributed by atoms with E-state index in [0.717, 1.165) is 12.8 Å². The maximum Gasteiger partial charge on any atom is 0.419 e. The molecular weight excluding hydrogens is 320 g/mol. The number of oxazole rings is 1. The van der Waals surface area contributed by atoms with Gasteiger partial charge in [0.15, 0.2) is 5.58 Å². The number of aryl methyl sites for hydroxylation is 1. The highest BCUT2D eigenvalue weighted by Gasteiger charge is 2.58. The van der Waals surface area contributed by atoms with Crippen molar-refractivity contribution < 1.29 is 13.9 Å². The summed E-state index contributed by atoms with van der Waals surface area (Å²) in [5, 5.41) is 3.17. The molecular formula is C19H26N2O4. The summed E-state index contributed by atoms with van der Waals surface area (Å²) in [6.07, 6.45) is 2.00. The molecule has 1 aliphatic rings. The lowest BCUT2D eigenvalue weighted by molar-refractivity contribution is -0.164. The Morgan fingerprint density at radius 1 is 1.36 bits per heavy atom. The van der Waals surface area contributed by atoms with E-state index in [-0.39, 0.29) is 29.4 Å². The van der Waals surface area contributed by atoms with Crippen molar-refractivity contribution in [2.45, 2.75) is 45.8 Å². The number of carbonyl (C=O) groups is 1. The Labute approximate surface area is 147 Å². The van der Waals surface area contributed by atoms with Crippen LogP contribution in [0.25, 0.3) is 11.1 Å². The third kappa shape index (κ3) is 2.42. The normalized spacial score (nSPS) is 24.9. The van der Waals surface area contributed by atoms with Crippen LogP contribution in [0.5, 0.6) is 0 Å². The smallest absolute Gasteiger partial charge is 0.407 e. The van der Waals surface area contributed by atoms with Crippen molar-refractivity contribution >= 4 is 17.0 Å². The molecule has 136 valence electrons. The highest BCUT2D eigenvalue weighted by atomic mass is 16.5. The van der Waals surface area contributed by atoms with E-state index < -0.39 is 5.76 Å². The molecule has 1 aromatic carbocycles. The van der Waals surface area contributed by atoms with Gasteiger partial charge in [-0.05, 0) is 25.0 Å². The zero-order valence-corrected chi connectivity index (χ0v) is 15.5. The van der Waals surface area contributed by atoms with Crippen LogP contribution in [-0.4, -0.2) is 29.7 Å². The molecule has 3 atom stereocenters. The number of ether oxygens (including phenoxy) is 1. The number of benzene rings is 1. The lowest BCUT2D eigenvalue weighted by Crippen LogP contribution is -2.69. The van der Waals surface area contributed by atoms with Gasteiger partial charge in [-0.1, -0.05) is 26.8 Å². The number of methoxy groups -OCH3 is 1. The summed E-state index contributed by atoms with van der Waals surface area (Å²) in [5.41, 5.74) is 1.28. The minimum absolute atomic E-state index is 0.0330. The Morgan fingerprint density at radius 2 is 2.04 bits per heavy atom. The number of rotatable bonds is 5. The van der Waals surface area contributed by atoms with Crippen LogP contribution in [0.4, 0.5) is 0 Å². The predicted molar refractivity (Wildman–Crippen MR) is 95.7 cm³/mol. The van der Waals surface area contributed by atoms with Crippen LogP contribution in [0.1, 0.15) is 44.0 Å². The average Bonchev–Trinajstić information content (AvgIpc) is 2.91. The molecule has 1 heterocycles. The molecule has 0 aliphatic heterocycles. The maximum atomic E-state index is 12.9. The van der Waals surface area contributed by atoms with E-state index >= 15 is 0 Å². The Morgan fingerprint density at radius 3 is 2.64 bits per heavy atom. The molecule has 1 N–H and O–H groups in total. The predicted octanol–water partition coefficient (Wildman–Crippen LogP) is 2.70. The van der Waals surface area contributed by atoms with E-state index in [0.29, 0.717) is 16.7 Å². The first-order valence-corrected chi connectivity index (χ1v) is 8.83. The van der Waals surface area contributed by atoms with Crippen LogP contribution in [0.2, 0.25) is 0 Å². The van der Waals surface area contributed by atoms with Gasteiger partial charge in [-0.2, -0.15) is 0 Å². The fourth-order valence-electron chi connectivity index (χ4n) is 4.65. The first kappa shape index (κ1) is 17.7. The molecule has 1 aromatic heterocycles. The molecule has 0 bridgehead atoms. The summed E-state index contributed by atoms with van der Waals surface area (Å²) in [5.74, 6) is -0.448. The van der Waals surface area contributed by atoms with Crippen molar-refractivity contribution in [1.29, 1.82) is 0 Å². The van der Waals surface area contributed by atoms with Crippen molar-refractivity contribution in [2.75, 3.05) is 7.11 Å². The summed E-state index contributed by atoms with van der Waals surface area (Å²) in [7, 11) is 3.37. The van der Waals surface area contributed by atoms with Crippen molar-refractivity contribution in [3.05, 3.63) is 34.3 Å². The highest BCUT2D eigenvalue weighted by Crippen LogP contribution is 2.52. The summed E-state index contributed by atoms with van der Waals surface area (Å²) in [6, 6.07) is 5.26. The third-order valence-electron chi connectivity index (χ3n) is 6.11. The number of hydrogen-bond donors (Lipinski definition) is 1. The zero-order valence-electron chi connectivity index (χ0n) is 15.5. The quantitative estimate of drug-likeness (QED) is 0.903. The second-order valence-electron chi connectivity index (χ2n) is 6.99. The van der Waals surface area contributed by atoms with Gasteiger partial charge in [0.2, 0.25) is 0 Å². The highest BCUT2D eigenvalue weighted by molar-refractivity contribution is 6.04. The molecule has 6 heteroatoms. The molecule has 1 saturated carbocycles. The van der Waals surface area contributed by atoms with Gasteiger partial charge in [0, 0.05) is 31.5 Å². The zero-order chi connectivity index (χ0) is 18.4. The van der Waals surface area contributed by atoms with Gasteiger partial charge in [-0.3, -0.25) is 9.36 Å². The second-order valence-corrected chi connectivity index (χ2v) is 6.99. The minimum atomic E-state index is -0.469. The Bertz CT molecular complexity index is 847. The second kappa shape index (κ2) is 6.33. The van der Waals surface area contributed by atoms with E-state index in [9.17, 15) is 9.59 Å². The maximum absolute atomic E-state index is 12.9. The van der Waals surface area contributed by atoms with E-state index in [1.54, 1.807) is 32.4 Å². The van der Waals surface area contributed by atoms with Crippen LogP contribution in [0.15, 0.2) is 27.4 Å². The number of para-hydroxylation sites is 1. The Hall–Kier alpha value is -2.08. The number of hydrogen-bond acceptors (Lipinski definition) is 4. The third-order valence-corrected chi connectivity index (χ3v) is 6.11. The lowest BCUT2D eigenvalue weighted by atomic mass is 9.53. The standard InChI is InChI=1S/C19H26N2O4/c1-6-19(7-2)15(11(3)16(19)24-5)20-17(22)12-9-8-10-13-14(12)25-18(23)21(13)4/h8-11,15-16H,6-7H2,1-5H3,(H,20,22)/t11-,15-,16+/m1/s1. The Balaban J connectivity index is 1.93. The Kier molecular flexibility index (Phi) is 4.49. The van der Waals surface area contributed by atoms with E-state index in [1.807, 2.05) is 0 Å². The van der Waals surface area contributed by atoms with Crippen LogP contribution in [-0.2, 0) is 11.8 Å².